The van der Waals surface area contributed by atoms with Gasteiger partial charge in [-0.2, -0.15) is 4.37 Å². The van der Waals surface area contributed by atoms with E-state index in [9.17, 15) is 0 Å². The molecule has 0 unspecified atom stereocenters. The van der Waals surface area contributed by atoms with Crippen LogP contribution in [0.3, 0.4) is 0 Å². The van der Waals surface area contributed by atoms with Gasteiger partial charge < -0.3 is 9.64 Å². The van der Waals surface area contributed by atoms with Gasteiger partial charge in [-0.05, 0) is 26.2 Å². The van der Waals surface area contributed by atoms with Gasteiger partial charge in [0.2, 0.25) is 5.13 Å². The van der Waals surface area contributed by atoms with E-state index in [1.807, 2.05) is 6.92 Å². The number of rotatable bonds is 3. The van der Waals surface area contributed by atoms with E-state index in [0.29, 0.717) is 6.04 Å². The number of hydrogen-bond donors (Lipinski definition) is 0. The largest absolute Gasteiger partial charge is 0.383 e. The van der Waals surface area contributed by atoms with E-state index in [1.54, 1.807) is 7.11 Å². The maximum atomic E-state index is 5.25. The molecule has 0 amide bonds. The number of anilines is 1. The van der Waals surface area contributed by atoms with Crippen molar-refractivity contribution in [3.8, 4) is 0 Å². The molecule has 84 valence electrons. The highest BCUT2D eigenvalue weighted by Crippen LogP contribution is 2.26. The van der Waals surface area contributed by atoms with Crippen LogP contribution in [0, 0.1) is 6.92 Å². The third kappa shape index (κ3) is 2.46. The van der Waals surface area contributed by atoms with Crippen LogP contribution in [-0.4, -0.2) is 35.7 Å². The van der Waals surface area contributed by atoms with Crippen LogP contribution in [0.1, 0.15) is 25.1 Å². The van der Waals surface area contributed by atoms with Gasteiger partial charge in [-0.25, -0.2) is 4.98 Å². The number of methoxy groups -OCH3 is 1. The Balaban J connectivity index is 2.10. The monoisotopic (exact) mass is 227 g/mol. The van der Waals surface area contributed by atoms with E-state index in [0.717, 1.165) is 24.1 Å². The van der Waals surface area contributed by atoms with Crippen LogP contribution in [0.15, 0.2) is 0 Å². The molecule has 4 nitrogen and oxygen atoms in total. The molecule has 5 heteroatoms. The van der Waals surface area contributed by atoms with Crippen LogP contribution >= 0.6 is 11.5 Å². The van der Waals surface area contributed by atoms with Crippen molar-refractivity contribution in [3.05, 3.63) is 5.82 Å². The lowest BCUT2D eigenvalue weighted by molar-refractivity contribution is 0.166. The van der Waals surface area contributed by atoms with Crippen molar-refractivity contribution in [3.63, 3.8) is 0 Å². The fraction of sp³-hybridized carbons (Fsp3) is 0.800. The van der Waals surface area contributed by atoms with Gasteiger partial charge in [-0.15, -0.1) is 0 Å². The highest BCUT2D eigenvalue weighted by atomic mass is 32.1. The summed E-state index contributed by atoms with van der Waals surface area (Å²) in [6, 6.07) is 0.482. The first kappa shape index (κ1) is 10.8. The second-order valence-electron chi connectivity index (χ2n) is 3.92. The Labute approximate surface area is 94.4 Å². The van der Waals surface area contributed by atoms with Crippen LogP contribution in [0.4, 0.5) is 5.13 Å². The van der Waals surface area contributed by atoms with Crippen molar-refractivity contribution < 1.29 is 4.74 Å². The first-order valence-corrected chi connectivity index (χ1v) is 6.14. The van der Waals surface area contributed by atoms with Gasteiger partial charge in [0, 0.05) is 25.2 Å². The molecular formula is C10H17N3OS. The normalized spacial score (nSPS) is 22.0. The predicted molar refractivity (Wildman–Crippen MR) is 61.5 cm³/mol. The molecule has 0 bridgehead atoms. The molecular weight excluding hydrogens is 210 g/mol. The summed E-state index contributed by atoms with van der Waals surface area (Å²) in [5.74, 6) is 0.872. The minimum Gasteiger partial charge on any atom is -0.383 e. The standard InChI is InChI=1S/C10H17N3OS/c1-8-11-10(15-12-8)13-6-4-3-5-9(13)7-14-2/h9H,3-7H2,1-2H3/t9-/m0/s1. The average molecular weight is 227 g/mol. The van der Waals surface area contributed by atoms with Crippen molar-refractivity contribution in [1.29, 1.82) is 0 Å². The lowest BCUT2D eigenvalue weighted by atomic mass is 10.0. The summed E-state index contributed by atoms with van der Waals surface area (Å²) >= 11 is 1.49. The van der Waals surface area contributed by atoms with Gasteiger partial charge in [-0.1, -0.05) is 0 Å². The molecule has 1 saturated heterocycles. The first-order valence-electron chi connectivity index (χ1n) is 5.37. The molecule has 0 spiro atoms. The van der Waals surface area contributed by atoms with Gasteiger partial charge in [0.15, 0.2) is 0 Å². The molecule has 1 atom stereocenters. The summed E-state index contributed by atoms with van der Waals surface area (Å²) in [6.45, 7) is 3.82. The first-order chi connectivity index (χ1) is 7.31. The summed E-state index contributed by atoms with van der Waals surface area (Å²) in [6.07, 6.45) is 3.74. The second kappa shape index (κ2) is 4.90. The third-order valence-corrected chi connectivity index (χ3v) is 3.59. The second-order valence-corrected chi connectivity index (χ2v) is 4.65. The van der Waals surface area contributed by atoms with E-state index in [-0.39, 0.29) is 0 Å². The SMILES string of the molecule is COC[C@@H]1CCCCN1c1nc(C)ns1. The number of ether oxygens (including phenoxy) is 1. The summed E-state index contributed by atoms with van der Waals surface area (Å²) in [5, 5.41) is 1.05. The zero-order chi connectivity index (χ0) is 10.7. The number of hydrogen-bond acceptors (Lipinski definition) is 5. The molecule has 0 aliphatic carbocycles. The molecule has 1 aliphatic heterocycles. The molecule has 2 heterocycles. The minimum absolute atomic E-state index is 0.482. The summed E-state index contributed by atoms with van der Waals surface area (Å²) < 4.78 is 9.49. The van der Waals surface area contributed by atoms with Crippen LogP contribution in [0.25, 0.3) is 0 Å². The van der Waals surface area contributed by atoms with Gasteiger partial charge in [0.1, 0.15) is 5.82 Å². The highest BCUT2D eigenvalue weighted by Gasteiger charge is 2.24. The summed E-state index contributed by atoms with van der Waals surface area (Å²) in [4.78, 5) is 6.79. The van der Waals surface area contributed by atoms with E-state index < -0.39 is 0 Å². The van der Waals surface area contributed by atoms with Crippen molar-refractivity contribution in [2.45, 2.75) is 32.2 Å². The average Bonchev–Trinajstić information content (AvgIpc) is 2.66. The van der Waals surface area contributed by atoms with Crippen LogP contribution in [0.5, 0.6) is 0 Å². The number of aromatic nitrogens is 2. The quantitative estimate of drug-likeness (QED) is 0.790. The van der Waals surface area contributed by atoms with Crippen LogP contribution in [-0.2, 0) is 4.74 Å². The Morgan fingerprint density at radius 1 is 1.53 bits per heavy atom. The van der Waals surface area contributed by atoms with Crippen LogP contribution in [0.2, 0.25) is 0 Å². The van der Waals surface area contributed by atoms with E-state index in [1.165, 1.54) is 30.8 Å². The molecule has 1 fully saturated rings. The minimum atomic E-state index is 0.482. The molecule has 1 aromatic rings. The van der Waals surface area contributed by atoms with E-state index in [2.05, 4.69) is 14.3 Å². The van der Waals surface area contributed by atoms with Crippen molar-refractivity contribution in [2.75, 3.05) is 25.2 Å². The zero-order valence-corrected chi connectivity index (χ0v) is 10.1. The Morgan fingerprint density at radius 3 is 3.07 bits per heavy atom. The maximum absolute atomic E-state index is 5.25. The molecule has 1 aromatic heterocycles. The third-order valence-electron chi connectivity index (χ3n) is 2.75. The van der Waals surface area contributed by atoms with Gasteiger partial charge in [0.25, 0.3) is 0 Å². The van der Waals surface area contributed by atoms with Gasteiger partial charge in [0.05, 0.1) is 12.6 Å². The number of nitrogens with zero attached hydrogens (tertiary/aromatic N) is 3. The molecule has 1 aliphatic rings. The summed E-state index contributed by atoms with van der Waals surface area (Å²) in [5.41, 5.74) is 0. The highest BCUT2D eigenvalue weighted by molar-refractivity contribution is 7.09. The molecule has 0 N–H and O–H groups in total. The fourth-order valence-corrected chi connectivity index (χ4v) is 2.79. The molecule has 0 saturated carbocycles. The Kier molecular flexibility index (Phi) is 3.53. The lowest BCUT2D eigenvalue weighted by Gasteiger charge is -2.34. The Bertz CT molecular complexity index is 313. The zero-order valence-electron chi connectivity index (χ0n) is 9.27. The van der Waals surface area contributed by atoms with Crippen molar-refractivity contribution in [1.82, 2.24) is 9.36 Å². The number of aryl methyl sites for hydroxylation is 1. The topological polar surface area (TPSA) is 38.2 Å². The number of piperidine rings is 1. The smallest absolute Gasteiger partial charge is 0.205 e. The molecule has 15 heavy (non-hydrogen) atoms. The fourth-order valence-electron chi connectivity index (χ4n) is 2.02. The molecule has 0 radical (unpaired) electrons. The van der Waals surface area contributed by atoms with Gasteiger partial charge >= 0.3 is 0 Å². The molecule has 2 rings (SSSR count). The van der Waals surface area contributed by atoms with Crippen molar-refractivity contribution in [2.24, 2.45) is 0 Å². The van der Waals surface area contributed by atoms with Crippen molar-refractivity contribution >= 4 is 16.7 Å². The van der Waals surface area contributed by atoms with E-state index in [4.69, 9.17) is 4.74 Å². The van der Waals surface area contributed by atoms with Crippen LogP contribution < -0.4 is 4.90 Å². The Hall–Kier alpha value is -0.680. The summed E-state index contributed by atoms with van der Waals surface area (Å²) in [7, 11) is 1.76. The van der Waals surface area contributed by atoms with Gasteiger partial charge in [-0.3, -0.25) is 0 Å². The molecule has 0 aromatic carbocycles. The van der Waals surface area contributed by atoms with E-state index >= 15 is 0 Å². The Morgan fingerprint density at radius 2 is 2.40 bits per heavy atom. The lowest BCUT2D eigenvalue weighted by Crippen LogP contribution is -2.42. The maximum Gasteiger partial charge on any atom is 0.205 e. The predicted octanol–water partition coefficient (Wildman–Crippen LogP) is 1.85.